The van der Waals surface area contributed by atoms with Gasteiger partial charge in [-0.15, -0.1) is 0 Å². The number of hydrogen-bond acceptors (Lipinski definition) is 3. The first-order chi connectivity index (χ1) is 15.2. The highest BCUT2D eigenvalue weighted by Gasteiger charge is 2.59. The minimum atomic E-state index is -0.879. The van der Waals surface area contributed by atoms with Crippen LogP contribution in [0.25, 0.3) is 0 Å². The number of carbonyl (C=O) groups excluding carboxylic acids is 2. The number of benzene rings is 1. The zero-order chi connectivity index (χ0) is 23.1. The average Bonchev–Trinajstić information content (AvgIpc) is 3.13. The summed E-state index contributed by atoms with van der Waals surface area (Å²) in [7, 11) is 0. The molecule has 0 radical (unpaired) electrons. The van der Waals surface area contributed by atoms with Gasteiger partial charge in [0.1, 0.15) is 5.78 Å². The molecule has 1 aromatic carbocycles. The number of rotatable bonds is 2. The van der Waals surface area contributed by atoms with Crippen LogP contribution in [0.4, 0.5) is 0 Å². The van der Waals surface area contributed by atoms with Crippen molar-refractivity contribution in [2.24, 2.45) is 34.5 Å². The van der Waals surface area contributed by atoms with E-state index in [-0.39, 0.29) is 10.8 Å². The smallest absolute Gasteiger partial charge is 0.335 e. The number of ketones is 2. The lowest BCUT2D eigenvalue weighted by Crippen LogP contribution is -2.51. The van der Waals surface area contributed by atoms with Gasteiger partial charge in [0.25, 0.3) is 0 Å². The van der Waals surface area contributed by atoms with Crippen LogP contribution in [-0.4, -0.2) is 22.6 Å². The number of carboxylic acids is 1. The third kappa shape index (κ3) is 3.86. The fourth-order valence-electron chi connectivity index (χ4n) is 7.81. The summed E-state index contributed by atoms with van der Waals surface area (Å²) in [6.07, 6.45) is 10.9. The monoisotopic (exact) mass is 436 g/mol. The summed E-state index contributed by atoms with van der Waals surface area (Å²) in [5.41, 5.74) is 2.28. The average molecular weight is 437 g/mol. The van der Waals surface area contributed by atoms with E-state index in [1.165, 1.54) is 31.3 Å². The molecule has 0 heterocycles. The van der Waals surface area contributed by atoms with Crippen LogP contribution in [0, 0.1) is 34.5 Å². The Kier molecular flexibility index (Phi) is 6.17. The summed E-state index contributed by atoms with van der Waals surface area (Å²) in [6, 6.07) is 8.30. The molecule has 0 bridgehead atoms. The number of allylic oxidation sites excluding steroid dienone is 1. The van der Waals surface area contributed by atoms with Crippen LogP contribution in [0.1, 0.15) is 82.5 Å². The van der Waals surface area contributed by atoms with E-state index in [1.54, 1.807) is 37.3 Å². The van der Waals surface area contributed by atoms with E-state index in [9.17, 15) is 14.4 Å². The number of fused-ring (bicyclic) bond motifs is 5. The fourth-order valence-corrected chi connectivity index (χ4v) is 7.81. The number of carboxylic acid groups (broad SMARTS) is 1. The van der Waals surface area contributed by atoms with Gasteiger partial charge in [-0.1, -0.05) is 37.6 Å². The van der Waals surface area contributed by atoms with Crippen molar-refractivity contribution < 1.29 is 19.5 Å². The van der Waals surface area contributed by atoms with E-state index < -0.39 is 5.97 Å². The number of Topliss-reactive ketones (excluding diaryl/α,β-unsaturated/α-hetero) is 1. The van der Waals surface area contributed by atoms with Crippen LogP contribution in [0.15, 0.2) is 42.0 Å². The molecule has 1 aromatic rings. The normalized spacial score (nSPS) is 37.7. The molecule has 4 heteroatoms. The van der Waals surface area contributed by atoms with Crippen LogP contribution in [0.2, 0.25) is 0 Å². The van der Waals surface area contributed by atoms with E-state index in [0.717, 1.165) is 43.4 Å². The van der Waals surface area contributed by atoms with E-state index in [1.807, 2.05) is 6.08 Å². The standard InChI is InChI=1S/C21H30O2.C7H6O2/c1-13(22)17-6-7-18-16-5-4-14-12-15(23)8-10-20(14,2)19(16)9-11-21(17,18)3;8-7(9)6-4-2-1-3-5-6/h12,16-19H,4-11H2,1-3H3;1-5H,(H,8,9)/t16-,17+,18-,19-,20-,21+;/m0./s1. The maximum absolute atomic E-state index is 12.1. The van der Waals surface area contributed by atoms with Crippen molar-refractivity contribution in [1.82, 2.24) is 0 Å². The van der Waals surface area contributed by atoms with Crippen molar-refractivity contribution in [2.75, 3.05) is 0 Å². The second-order valence-corrected chi connectivity index (χ2v) is 10.9. The summed E-state index contributed by atoms with van der Waals surface area (Å²) < 4.78 is 0. The minimum Gasteiger partial charge on any atom is -0.478 e. The molecule has 0 saturated heterocycles. The Hall–Kier alpha value is -2.23. The molecule has 4 aliphatic rings. The second kappa shape index (κ2) is 8.61. The van der Waals surface area contributed by atoms with Crippen molar-refractivity contribution in [3.63, 3.8) is 0 Å². The van der Waals surface area contributed by atoms with Crippen LogP contribution >= 0.6 is 0 Å². The zero-order valence-corrected chi connectivity index (χ0v) is 19.6. The third-order valence-corrected chi connectivity index (χ3v) is 9.47. The molecule has 32 heavy (non-hydrogen) atoms. The van der Waals surface area contributed by atoms with Crippen LogP contribution in [0.3, 0.4) is 0 Å². The number of hydrogen-bond donors (Lipinski definition) is 1. The van der Waals surface area contributed by atoms with Gasteiger partial charge in [-0.05, 0) is 98.7 Å². The first kappa shape index (κ1) is 22.9. The molecule has 0 aliphatic heterocycles. The quantitative estimate of drug-likeness (QED) is 0.607. The summed E-state index contributed by atoms with van der Waals surface area (Å²) >= 11 is 0. The molecule has 0 unspecified atom stereocenters. The lowest BCUT2D eigenvalue weighted by molar-refractivity contribution is -0.128. The SMILES string of the molecule is CC(=O)[C@H]1CC[C@H]2[C@@H]3CCC4=CC(=O)CC[C@]4(C)[C@H]3CC[C@]12C.O=C(O)c1ccccc1. The fraction of sp³-hybridized carbons (Fsp3) is 0.607. The Bertz CT molecular complexity index is 932. The largest absolute Gasteiger partial charge is 0.478 e. The topological polar surface area (TPSA) is 71.4 Å². The molecule has 3 saturated carbocycles. The maximum atomic E-state index is 12.1. The first-order valence-corrected chi connectivity index (χ1v) is 12.2. The summed E-state index contributed by atoms with van der Waals surface area (Å²) in [5.74, 6) is 2.41. The first-order valence-electron chi connectivity index (χ1n) is 12.2. The molecule has 0 aromatic heterocycles. The predicted octanol–water partition coefficient (Wildman–Crippen LogP) is 6.11. The highest BCUT2D eigenvalue weighted by atomic mass is 16.4. The highest BCUT2D eigenvalue weighted by Crippen LogP contribution is 2.66. The van der Waals surface area contributed by atoms with Gasteiger partial charge >= 0.3 is 5.97 Å². The Balaban J connectivity index is 0.000000230. The van der Waals surface area contributed by atoms with Gasteiger partial charge in [0.05, 0.1) is 5.56 Å². The minimum absolute atomic E-state index is 0.245. The predicted molar refractivity (Wildman–Crippen MR) is 124 cm³/mol. The van der Waals surface area contributed by atoms with Crippen molar-refractivity contribution in [3.05, 3.63) is 47.5 Å². The van der Waals surface area contributed by atoms with E-state index in [2.05, 4.69) is 13.8 Å². The Morgan fingerprint density at radius 1 is 0.938 bits per heavy atom. The van der Waals surface area contributed by atoms with Crippen molar-refractivity contribution >= 4 is 17.5 Å². The Morgan fingerprint density at radius 2 is 1.66 bits per heavy atom. The van der Waals surface area contributed by atoms with Crippen LogP contribution < -0.4 is 0 Å². The van der Waals surface area contributed by atoms with Gasteiger partial charge in [0, 0.05) is 12.3 Å². The Labute approximate surface area is 191 Å². The molecule has 6 atom stereocenters. The van der Waals surface area contributed by atoms with Crippen molar-refractivity contribution in [1.29, 1.82) is 0 Å². The summed E-state index contributed by atoms with van der Waals surface area (Å²) in [5, 5.41) is 8.38. The summed E-state index contributed by atoms with van der Waals surface area (Å²) in [6.45, 7) is 6.65. The molecule has 0 spiro atoms. The molecular weight excluding hydrogens is 400 g/mol. The van der Waals surface area contributed by atoms with E-state index in [4.69, 9.17) is 5.11 Å². The van der Waals surface area contributed by atoms with Gasteiger partial charge in [0.2, 0.25) is 0 Å². The van der Waals surface area contributed by atoms with E-state index >= 15 is 0 Å². The lowest BCUT2D eigenvalue weighted by Gasteiger charge is -2.58. The molecule has 3 fully saturated rings. The zero-order valence-electron chi connectivity index (χ0n) is 19.6. The molecular formula is C28H36O4. The third-order valence-electron chi connectivity index (χ3n) is 9.47. The molecule has 4 nitrogen and oxygen atoms in total. The molecule has 5 rings (SSSR count). The maximum Gasteiger partial charge on any atom is 0.335 e. The molecule has 4 aliphatic carbocycles. The van der Waals surface area contributed by atoms with Crippen molar-refractivity contribution in [3.8, 4) is 0 Å². The second-order valence-electron chi connectivity index (χ2n) is 10.9. The van der Waals surface area contributed by atoms with Gasteiger partial charge in [-0.25, -0.2) is 4.79 Å². The van der Waals surface area contributed by atoms with Crippen LogP contribution in [-0.2, 0) is 9.59 Å². The van der Waals surface area contributed by atoms with Gasteiger partial charge in [-0.3, -0.25) is 9.59 Å². The molecule has 172 valence electrons. The lowest BCUT2D eigenvalue weighted by atomic mass is 9.47. The molecule has 1 N–H and O–H groups in total. The number of aromatic carboxylic acids is 1. The highest BCUT2D eigenvalue weighted by molar-refractivity contribution is 5.91. The van der Waals surface area contributed by atoms with E-state index in [0.29, 0.717) is 23.0 Å². The summed E-state index contributed by atoms with van der Waals surface area (Å²) in [4.78, 5) is 34.2. The van der Waals surface area contributed by atoms with Gasteiger partial charge in [0.15, 0.2) is 5.78 Å². The number of carbonyl (C=O) groups is 3. The van der Waals surface area contributed by atoms with Crippen LogP contribution in [0.5, 0.6) is 0 Å². The van der Waals surface area contributed by atoms with Gasteiger partial charge < -0.3 is 5.11 Å². The van der Waals surface area contributed by atoms with Crippen molar-refractivity contribution in [2.45, 2.75) is 72.1 Å². The Morgan fingerprint density at radius 3 is 2.28 bits per heavy atom. The van der Waals surface area contributed by atoms with Gasteiger partial charge in [-0.2, -0.15) is 0 Å². The molecule has 0 amide bonds.